The number of nitrogens with zero attached hydrogens (tertiary/aromatic N) is 4. The number of imidazole rings is 1. The topological polar surface area (TPSA) is 128 Å². The number of carbonyl (C=O) groups is 2. The predicted octanol–water partition coefficient (Wildman–Crippen LogP) is 4.82. The number of esters is 1. The van der Waals surface area contributed by atoms with Crippen molar-refractivity contribution >= 4 is 28.9 Å². The summed E-state index contributed by atoms with van der Waals surface area (Å²) >= 11 is 0. The Labute approximate surface area is 229 Å². The molecule has 3 heterocycles. The van der Waals surface area contributed by atoms with E-state index in [9.17, 15) is 19.1 Å². The third-order valence-electron chi connectivity index (χ3n) is 7.04. The van der Waals surface area contributed by atoms with Crippen molar-refractivity contribution < 1.29 is 28.6 Å². The van der Waals surface area contributed by atoms with E-state index in [1.807, 2.05) is 0 Å². The molecule has 0 unspecified atom stereocenters. The number of aliphatic hydroxyl groups excluding tert-OH is 1. The van der Waals surface area contributed by atoms with Crippen molar-refractivity contribution in [3.8, 4) is 12.3 Å². The van der Waals surface area contributed by atoms with Gasteiger partial charge in [0.25, 0.3) is 0 Å². The summed E-state index contributed by atoms with van der Waals surface area (Å²) in [6.07, 6.45) is 17.5. The molecule has 2 N–H and O–H groups in total. The number of fused-ring (bicyclic) bond motifs is 1. The quantitative estimate of drug-likeness (QED) is 0.133. The second kappa shape index (κ2) is 14.9. The number of rotatable bonds is 16. The fraction of sp³-hybridized carbons (Fsp3) is 0.679. The van der Waals surface area contributed by atoms with Crippen molar-refractivity contribution in [3.05, 3.63) is 12.4 Å². The highest BCUT2D eigenvalue weighted by Gasteiger charge is 2.50. The van der Waals surface area contributed by atoms with Gasteiger partial charge in [-0.1, -0.05) is 77.1 Å². The van der Waals surface area contributed by atoms with Crippen molar-refractivity contribution in [2.24, 2.45) is 0 Å². The van der Waals surface area contributed by atoms with Gasteiger partial charge in [0.15, 0.2) is 22.6 Å². The first-order chi connectivity index (χ1) is 18.8. The molecule has 1 amide bonds. The smallest absolute Gasteiger partial charge is 0.312 e. The van der Waals surface area contributed by atoms with E-state index in [4.69, 9.17) is 15.9 Å². The summed E-state index contributed by atoms with van der Waals surface area (Å²) in [6, 6.07) is 0. The second-order valence-electron chi connectivity index (χ2n) is 10.1. The highest BCUT2D eigenvalue weighted by atomic mass is 19.1. The first-order valence-electron chi connectivity index (χ1n) is 14.0. The van der Waals surface area contributed by atoms with E-state index in [0.717, 1.165) is 19.3 Å². The van der Waals surface area contributed by atoms with Crippen LogP contribution in [0.4, 0.5) is 10.2 Å². The largest absolute Gasteiger partial charge is 0.458 e. The number of terminal acetylenes is 1. The van der Waals surface area contributed by atoms with Crippen LogP contribution in [0.2, 0.25) is 0 Å². The molecule has 2 aromatic rings. The predicted molar refractivity (Wildman–Crippen MR) is 144 cm³/mol. The molecular formula is C28H40FN5O5. The monoisotopic (exact) mass is 545 g/mol. The first-order valence-corrected chi connectivity index (χ1v) is 14.0. The number of carbonyl (C=O) groups excluding carboxylic acids is 2. The van der Waals surface area contributed by atoms with Gasteiger partial charge in [0, 0.05) is 19.8 Å². The fourth-order valence-corrected chi connectivity index (χ4v) is 4.90. The van der Waals surface area contributed by atoms with E-state index < -0.39 is 36.6 Å². The fourth-order valence-electron chi connectivity index (χ4n) is 4.90. The van der Waals surface area contributed by atoms with Crippen LogP contribution in [0.15, 0.2) is 6.33 Å². The number of halogens is 1. The lowest BCUT2D eigenvalue weighted by Crippen LogP contribution is -2.43. The molecule has 0 bridgehead atoms. The Bertz CT molecular complexity index is 1150. The minimum atomic E-state index is -1.57. The number of nitrogens with one attached hydrogen (secondary N) is 1. The minimum Gasteiger partial charge on any atom is -0.458 e. The normalized spacial score (nSPS) is 20.7. The zero-order valence-electron chi connectivity index (χ0n) is 23.0. The first kappa shape index (κ1) is 30.4. The molecular weight excluding hydrogens is 505 g/mol. The number of amides is 1. The summed E-state index contributed by atoms with van der Waals surface area (Å²) in [7, 11) is 0. The highest BCUT2D eigenvalue weighted by molar-refractivity contribution is 5.96. The number of hydrogen-bond donors (Lipinski definition) is 2. The number of hydrogen-bond acceptors (Lipinski definition) is 8. The van der Waals surface area contributed by atoms with E-state index in [2.05, 4.69) is 33.1 Å². The van der Waals surface area contributed by atoms with E-state index in [0.29, 0.717) is 6.42 Å². The van der Waals surface area contributed by atoms with Gasteiger partial charge < -0.3 is 19.9 Å². The maximum absolute atomic E-state index is 14.4. The van der Waals surface area contributed by atoms with Crippen molar-refractivity contribution in [2.75, 3.05) is 11.9 Å². The molecule has 39 heavy (non-hydrogen) atoms. The Morgan fingerprint density at radius 3 is 2.41 bits per heavy atom. The van der Waals surface area contributed by atoms with Crippen molar-refractivity contribution in [3.63, 3.8) is 0 Å². The Morgan fingerprint density at radius 2 is 1.82 bits per heavy atom. The Kier molecular flexibility index (Phi) is 11.6. The van der Waals surface area contributed by atoms with Crippen LogP contribution in [0.5, 0.6) is 0 Å². The maximum atomic E-state index is 14.4. The van der Waals surface area contributed by atoms with Crippen LogP contribution >= 0.6 is 0 Å². The molecule has 0 aromatic carbocycles. The second-order valence-corrected chi connectivity index (χ2v) is 10.1. The molecule has 3 atom stereocenters. The van der Waals surface area contributed by atoms with Gasteiger partial charge in [-0.3, -0.25) is 14.2 Å². The summed E-state index contributed by atoms with van der Waals surface area (Å²) in [5.74, 6) is 1.48. The van der Waals surface area contributed by atoms with Crippen LogP contribution in [0, 0.1) is 18.4 Å². The summed E-state index contributed by atoms with van der Waals surface area (Å²) in [5.41, 5.74) is -1.31. The summed E-state index contributed by atoms with van der Waals surface area (Å²) in [6.45, 7) is 2.86. The molecule has 11 heteroatoms. The number of unbranched alkanes of at least 4 members (excludes halogenated alkanes) is 10. The van der Waals surface area contributed by atoms with Crippen LogP contribution in [0.25, 0.3) is 11.2 Å². The van der Waals surface area contributed by atoms with Gasteiger partial charge in [-0.2, -0.15) is 14.4 Å². The molecule has 10 nitrogen and oxygen atoms in total. The molecule has 0 aliphatic carbocycles. The minimum absolute atomic E-state index is 0.0378. The lowest BCUT2D eigenvalue weighted by Gasteiger charge is -2.26. The lowest BCUT2D eigenvalue weighted by atomic mass is 9.98. The highest BCUT2D eigenvalue weighted by Crippen LogP contribution is 2.39. The molecule has 0 radical (unpaired) electrons. The summed E-state index contributed by atoms with van der Waals surface area (Å²) in [4.78, 5) is 35.9. The van der Waals surface area contributed by atoms with Crippen LogP contribution in [0.1, 0.15) is 104 Å². The van der Waals surface area contributed by atoms with Gasteiger partial charge >= 0.3 is 12.0 Å². The zero-order valence-corrected chi connectivity index (χ0v) is 23.0. The molecule has 1 aliphatic heterocycles. The zero-order chi connectivity index (χ0) is 28.3. The molecule has 0 saturated carbocycles. The average molecular weight is 546 g/mol. The van der Waals surface area contributed by atoms with Gasteiger partial charge in [0.05, 0.1) is 12.9 Å². The van der Waals surface area contributed by atoms with E-state index in [1.54, 1.807) is 0 Å². The molecule has 1 fully saturated rings. The van der Waals surface area contributed by atoms with E-state index in [-0.39, 0.29) is 29.3 Å². The summed E-state index contributed by atoms with van der Waals surface area (Å²) in [5, 5.41) is 12.5. The van der Waals surface area contributed by atoms with Crippen molar-refractivity contribution in [1.29, 1.82) is 0 Å². The number of ether oxygens (including phenoxy) is 2. The number of anilines is 1. The Morgan fingerprint density at radius 1 is 1.18 bits per heavy atom. The summed E-state index contributed by atoms with van der Waals surface area (Å²) < 4.78 is 27.0. The van der Waals surface area contributed by atoms with Crippen LogP contribution < -0.4 is 5.32 Å². The van der Waals surface area contributed by atoms with Crippen molar-refractivity contribution in [1.82, 2.24) is 19.5 Å². The molecule has 1 aliphatic rings. The Hall–Kier alpha value is -3.10. The maximum Gasteiger partial charge on any atom is 0.312 e. The third-order valence-corrected chi connectivity index (χ3v) is 7.04. The molecule has 214 valence electrons. The standard InChI is InChI=1S/C28H40FN5O5/c1-4-6-7-8-9-10-11-12-13-14-15-16-22(37)31-25-24-26(33-27(29)32-25)34(19-30-24)23-17-21(38-20(3)36)28(5-2,18-35)39-23/h2,19,21,23,35H,4,6-18H2,1,3H3,(H,31,32,33,37)/t21-,23+,28+/m0/s1. The van der Waals surface area contributed by atoms with Gasteiger partial charge in [-0.05, 0) is 6.42 Å². The number of aliphatic hydroxyl groups is 1. The van der Waals surface area contributed by atoms with Gasteiger partial charge in [0.1, 0.15) is 12.3 Å². The molecule has 0 spiro atoms. The van der Waals surface area contributed by atoms with Gasteiger partial charge in [-0.15, -0.1) is 6.42 Å². The number of aromatic nitrogens is 4. The van der Waals surface area contributed by atoms with E-state index >= 15 is 0 Å². The van der Waals surface area contributed by atoms with Crippen molar-refractivity contribution in [2.45, 2.75) is 115 Å². The van der Waals surface area contributed by atoms with Gasteiger partial charge in [-0.25, -0.2) is 4.98 Å². The average Bonchev–Trinajstić information content (AvgIpc) is 3.48. The van der Waals surface area contributed by atoms with Crippen LogP contribution in [-0.4, -0.2) is 54.8 Å². The SMILES string of the molecule is C#C[C@]1(CO)O[C@@H](n2cnc3c(NC(=O)CCCCCCCCCCCCC)nc(F)nc32)C[C@@H]1OC(C)=O. The molecule has 2 aromatic heterocycles. The van der Waals surface area contributed by atoms with Crippen LogP contribution in [-0.2, 0) is 19.1 Å². The van der Waals surface area contributed by atoms with E-state index in [1.165, 1.54) is 69.2 Å². The lowest BCUT2D eigenvalue weighted by molar-refractivity contribution is -0.156. The molecule has 1 saturated heterocycles. The third kappa shape index (κ3) is 8.19. The van der Waals surface area contributed by atoms with Gasteiger partial charge in [0.2, 0.25) is 5.91 Å². The van der Waals surface area contributed by atoms with Crippen LogP contribution in [0.3, 0.4) is 0 Å². The molecule has 3 rings (SSSR count). The Balaban J connectivity index is 1.54.